The number of nitrogens with zero attached hydrogens (tertiary/aromatic N) is 1. The van der Waals surface area contributed by atoms with Gasteiger partial charge in [0.1, 0.15) is 0 Å². The smallest absolute Gasteiger partial charge is 0.304 e. The quantitative estimate of drug-likeness (QED) is 0.689. The van der Waals surface area contributed by atoms with Gasteiger partial charge >= 0.3 is 5.97 Å². The monoisotopic (exact) mass is 264 g/mol. The normalized spacial score (nSPS) is 22.5. The predicted molar refractivity (Wildman–Crippen MR) is 64.3 cm³/mol. The van der Waals surface area contributed by atoms with E-state index in [2.05, 4.69) is 5.32 Å². The highest BCUT2D eigenvalue weighted by molar-refractivity contribution is 7.89. The predicted octanol–water partition coefficient (Wildman–Crippen LogP) is -0.278. The molecule has 0 saturated carbocycles. The minimum absolute atomic E-state index is 0.297. The molecular formula is C10H20N2O4S. The highest BCUT2D eigenvalue weighted by Gasteiger charge is 2.28. The van der Waals surface area contributed by atoms with E-state index in [4.69, 9.17) is 5.11 Å². The first kappa shape index (κ1) is 14.4. The van der Waals surface area contributed by atoms with E-state index in [-0.39, 0.29) is 12.2 Å². The van der Waals surface area contributed by atoms with Crippen molar-refractivity contribution < 1.29 is 18.3 Å². The van der Waals surface area contributed by atoms with E-state index in [0.717, 1.165) is 19.4 Å². The Morgan fingerprint density at radius 1 is 1.53 bits per heavy atom. The molecule has 1 heterocycles. The van der Waals surface area contributed by atoms with Crippen LogP contribution in [0.2, 0.25) is 0 Å². The van der Waals surface area contributed by atoms with E-state index >= 15 is 0 Å². The fourth-order valence-electron chi connectivity index (χ4n) is 2.08. The van der Waals surface area contributed by atoms with Crippen molar-refractivity contribution in [3.8, 4) is 0 Å². The van der Waals surface area contributed by atoms with Crippen molar-refractivity contribution in [1.29, 1.82) is 0 Å². The summed E-state index contributed by atoms with van der Waals surface area (Å²) in [7, 11) is -1.56. The maximum atomic E-state index is 11.9. The van der Waals surface area contributed by atoms with E-state index < -0.39 is 16.0 Å². The van der Waals surface area contributed by atoms with Crippen LogP contribution in [0.1, 0.15) is 19.3 Å². The molecule has 0 amide bonds. The molecule has 6 nitrogen and oxygen atoms in total. The number of rotatable bonds is 6. The van der Waals surface area contributed by atoms with Crippen molar-refractivity contribution in [1.82, 2.24) is 9.62 Å². The zero-order chi connectivity index (χ0) is 12.9. The lowest BCUT2D eigenvalue weighted by Gasteiger charge is -2.31. The van der Waals surface area contributed by atoms with Crippen LogP contribution in [0.15, 0.2) is 0 Å². The summed E-state index contributed by atoms with van der Waals surface area (Å²) < 4.78 is 25.2. The van der Waals surface area contributed by atoms with E-state index in [1.54, 1.807) is 0 Å². The third-order valence-corrected chi connectivity index (χ3v) is 4.78. The number of carboxylic acids is 1. The highest BCUT2D eigenvalue weighted by atomic mass is 32.2. The fraction of sp³-hybridized carbons (Fsp3) is 0.900. The molecule has 0 aromatic rings. The lowest BCUT2D eigenvalue weighted by atomic mass is 10.00. The molecule has 1 rings (SSSR count). The Labute approximate surface area is 102 Å². The van der Waals surface area contributed by atoms with Crippen LogP contribution in [0, 0.1) is 5.92 Å². The number of carbonyl (C=O) groups is 1. The van der Waals surface area contributed by atoms with Gasteiger partial charge in [0.2, 0.25) is 10.0 Å². The number of sulfonamides is 1. The maximum absolute atomic E-state index is 11.9. The van der Waals surface area contributed by atoms with Gasteiger partial charge in [-0.25, -0.2) is 12.7 Å². The fourth-order valence-corrected chi connectivity index (χ4v) is 3.62. The van der Waals surface area contributed by atoms with Gasteiger partial charge in [0.05, 0.1) is 12.2 Å². The second kappa shape index (κ2) is 6.32. The largest absolute Gasteiger partial charge is 0.481 e. The lowest BCUT2D eigenvalue weighted by molar-refractivity contribution is -0.136. The standard InChI is InChI=1S/C10H20N2O4S/c1-11-7-9-3-2-5-12(8-9)17(15,16)6-4-10(13)14/h9,11H,2-8H2,1H3,(H,13,14). The molecule has 1 unspecified atom stereocenters. The Morgan fingerprint density at radius 2 is 2.24 bits per heavy atom. The van der Waals surface area contributed by atoms with Crippen LogP contribution in [0.3, 0.4) is 0 Å². The summed E-state index contributed by atoms with van der Waals surface area (Å²) in [5.74, 6) is -1.04. The van der Waals surface area contributed by atoms with Gasteiger partial charge < -0.3 is 10.4 Å². The average molecular weight is 264 g/mol. The highest BCUT2D eigenvalue weighted by Crippen LogP contribution is 2.19. The van der Waals surface area contributed by atoms with Crippen molar-refractivity contribution in [2.75, 3.05) is 32.4 Å². The van der Waals surface area contributed by atoms with Crippen LogP contribution in [-0.4, -0.2) is 56.2 Å². The SMILES string of the molecule is CNCC1CCCN(S(=O)(=O)CCC(=O)O)C1. The summed E-state index contributed by atoms with van der Waals surface area (Å²) in [6.45, 7) is 1.82. The molecule has 100 valence electrons. The van der Waals surface area contributed by atoms with E-state index in [9.17, 15) is 13.2 Å². The van der Waals surface area contributed by atoms with E-state index in [0.29, 0.717) is 19.0 Å². The summed E-state index contributed by atoms with van der Waals surface area (Å²) in [4.78, 5) is 10.4. The van der Waals surface area contributed by atoms with Crippen LogP contribution in [0.5, 0.6) is 0 Å². The molecule has 1 saturated heterocycles. The third-order valence-electron chi connectivity index (χ3n) is 2.94. The van der Waals surface area contributed by atoms with Crippen LogP contribution in [0.4, 0.5) is 0 Å². The number of aliphatic carboxylic acids is 1. The summed E-state index contributed by atoms with van der Waals surface area (Å²) >= 11 is 0. The molecule has 0 spiro atoms. The number of piperidine rings is 1. The second-order valence-corrected chi connectivity index (χ2v) is 6.47. The summed E-state index contributed by atoms with van der Waals surface area (Å²) in [6, 6.07) is 0. The lowest BCUT2D eigenvalue weighted by Crippen LogP contribution is -2.43. The van der Waals surface area contributed by atoms with Gasteiger partial charge in [-0.1, -0.05) is 0 Å². The molecule has 2 N–H and O–H groups in total. The molecule has 0 aliphatic carbocycles. The van der Waals surface area contributed by atoms with Crippen LogP contribution in [-0.2, 0) is 14.8 Å². The molecule has 1 aliphatic heterocycles. The van der Waals surface area contributed by atoms with Crippen molar-refractivity contribution in [2.24, 2.45) is 5.92 Å². The summed E-state index contributed by atoms with van der Waals surface area (Å²) in [5.41, 5.74) is 0. The third kappa shape index (κ3) is 4.61. The first-order valence-corrected chi connectivity index (χ1v) is 7.41. The van der Waals surface area contributed by atoms with Gasteiger partial charge in [-0.15, -0.1) is 0 Å². The average Bonchev–Trinajstić information content (AvgIpc) is 2.27. The first-order chi connectivity index (χ1) is 7.95. The number of hydrogen-bond donors (Lipinski definition) is 2. The Kier molecular flexibility index (Phi) is 5.35. The number of hydrogen-bond acceptors (Lipinski definition) is 4. The van der Waals surface area contributed by atoms with Gasteiger partial charge in [0.15, 0.2) is 0 Å². The zero-order valence-corrected chi connectivity index (χ0v) is 10.9. The first-order valence-electron chi connectivity index (χ1n) is 5.80. The molecule has 1 aliphatic rings. The van der Waals surface area contributed by atoms with Gasteiger partial charge in [-0.3, -0.25) is 4.79 Å². The van der Waals surface area contributed by atoms with Gasteiger partial charge in [0.25, 0.3) is 0 Å². The minimum atomic E-state index is -3.40. The van der Waals surface area contributed by atoms with E-state index in [1.807, 2.05) is 7.05 Å². The molecule has 0 aromatic heterocycles. The molecule has 1 atom stereocenters. The van der Waals surface area contributed by atoms with Crippen molar-refractivity contribution >= 4 is 16.0 Å². The Hall–Kier alpha value is -0.660. The zero-order valence-electron chi connectivity index (χ0n) is 10.1. The maximum Gasteiger partial charge on any atom is 0.304 e. The topological polar surface area (TPSA) is 86.7 Å². The Balaban J connectivity index is 2.55. The van der Waals surface area contributed by atoms with Crippen LogP contribution in [0.25, 0.3) is 0 Å². The Bertz CT molecular complexity index is 353. The summed E-state index contributed by atoms with van der Waals surface area (Å²) in [5, 5.41) is 11.6. The number of nitrogens with one attached hydrogen (secondary N) is 1. The van der Waals surface area contributed by atoms with Gasteiger partial charge in [-0.05, 0) is 32.4 Å². The second-order valence-electron chi connectivity index (χ2n) is 4.38. The molecule has 1 fully saturated rings. The van der Waals surface area contributed by atoms with Gasteiger partial charge in [-0.2, -0.15) is 0 Å². The van der Waals surface area contributed by atoms with Crippen LogP contribution < -0.4 is 5.32 Å². The molecule has 0 bridgehead atoms. The summed E-state index contributed by atoms with van der Waals surface area (Å²) in [6.07, 6.45) is 1.54. The molecule has 7 heteroatoms. The molecule has 17 heavy (non-hydrogen) atoms. The molecule has 0 radical (unpaired) electrons. The van der Waals surface area contributed by atoms with E-state index in [1.165, 1.54) is 4.31 Å². The van der Waals surface area contributed by atoms with Gasteiger partial charge in [0, 0.05) is 13.1 Å². The van der Waals surface area contributed by atoms with Crippen molar-refractivity contribution in [3.63, 3.8) is 0 Å². The molecular weight excluding hydrogens is 244 g/mol. The van der Waals surface area contributed by atoms with Crippen LogP contribution >= 0.6 is 0 Å². The number of carboxylic acid groups (broad SMARTS) is 1. The minimum Gasteiger partial charge on any atom is -0.481 e. The van der Waals surface area contributed by atoms with Crippen molar-refractivity contribution in [3.05, 3.63) is 0 Å². The Morgan fingerprint density at radius 3 is 2.82 bits per heavy atom. The molecule has 0 aromatic carbocycles. The van der Waals surface area contributed by atoms with Crippen molar-refractivity contribution in [2.45, 2.75) is 19.3 Å².